The molecule has 1 aromatic heterocycles. The first-order valence-electron chi connectivity index (χ1n) is 8.96. The van der Waals surface area contributed by atoms with Crippen molar-refractivity contribution in [2.45, 2.75) is 53.9 Å². The highest BCUT2D eigenvalue weighted by molar-refractivity contribution is 6.06. The van der Waals surface area contributed by atoms with Crippen LogP contribution < -0.4 is 0 Å². The summed E-state index contributed by atoms with van der Waals surface area (Å²) in [6.45, 7) is 11.5. The summed E-state index contributed by atoms with van der Waals surface area (Å²) in [5.74, 6) is 1.30. The highest BCUT2D eigenvalue weighted by Crippen LogP contribution is 2.36. The molecule has 0 amide bonds. The Bertz CT molecular complexity index is 821. The maximum atomic E-state index is 6.29. The van der Waals surface area contributed by atoms with Gasteiger partial charge in [0.05, 0.1) is 0 Å². The van der Waals surface area contributed by atoms with E-state index in [4.69, 9.17) is 4.42 Å². The minimum atomic E-state index is 0.631. The number of hydrogen-bond acceptors (Lipinski definition) is 1. The van der Waals surface area contributed by atoms with Crippen molar-refractivity contribution in [1.29, 1.82) is 0 Å². The van der Waals surface area contributed by atoms with Gasteiger partial charge in [-0.05, 0) is 59.9 Å². The van der Waals surface area contributed by atoms with Crippen LogP contribution in [0, 0.1) is 11.8 Å². The predicted octanol–water partition coefficient (Wildman–Crippen LogP) is 6.55. The zero-order valence-corrected chi connectivity index (χ0v) is 15.1. The monoisotopic (exact) mass is 308 g/mol. The molecule has 0 spiro atoms. The maximum absolute atomic E-state index is 6.29. The first kappa shape index (κ1) is 16.1. The Hall–Kier alpha value is -1.76. The topological polar surface area (TPSA) is 13.1 Å². The van der Waals surface area contributed by atoms with Crippen LogP contribution in [0.15, 0.2) is 34.7 Å². The third-order valence-electron chi connectivity index (χ3n) is 4.57. The zero-order chi connectivity index (χ0) is 16.6. The summed E-state index contributed by atoms with van der Waals surface area (Å²) in [6.07, 6.45) is 3.31. The van der Waals surface area contributed by atoms with E-state index in [0.29, 0.717) is 11.8 Å². The van der Waals surface area contributed by atoms with Crippen molar-refractivity contribution in [3.8, 4) is 0 Å². The summed E-state index contributed by atoms with van der Waals surface area (Å²) in [5, 5.41) is 2.55. The van der Waals surface area contributed by atoms with Gasteiger partial charge in [0.2, 0.25) is 0 Å². The Morgan fingerprint density at radius 3 is 2.22 bits per heavy atom. The number of hydrogen-bond donors (Lipinski definition) is 0. The van der Waals surface area contributed by atoms with Crippen molar-refractivity contribution in [2.24, 2.45) is 11.8 Å². The van der Waals surface area contributed by atoms with E-state index >= 15 is 0 Å². The highest BCUT2D eigenvalue weighted by Gasteiger charge is 2.18. The zero-order valence-electron chi connectivity index (χ0n) is 15.1. The smallest absolute Gasteiger partial charge is 0.138 e. The maximum Gasteiger partial charge on any atom is 0.138 e. The van der Waals surface area contributed by atoms with E-state index in [1.807, 2.05) is 0 Å². The van der Waals surface area contributed by atoms with Gasteiger partial charge in [-0.2, -0.15) is 0 Å². The van der Waals surface area contributed by atoms with Gasteiger partial charge in [-0.3, -0.25) is 0 Å². The minimum absolute atomic E-state index is 0.631. The molecule has 3 rings (SSSR count). The molecule has 122 valence electrons. The third-order valence-corrected chi connectivity index (χ3v) is 4.57. The molecule has 0 atom stereocenters. The fraction of sp³-hybridized carbons (Fsp3) is 0.455. The lowest BCUT2D eigenvalue weighted by Gasteiger charge is -2.17. The summed E-state index contributed by atoms with van der Waals surface area (Å²) in [6, 6.07) is 10.8. The van der Waals surface area contributed by atoms with E-state index in [9.17, 15) is 0 Å². The largest absolute Gasteiger partial charge is 0.456 e. The quantitative estimate of drug-likeness (QED) is 0.521. The number of para-hydroxylation sites is 1. The lowest BCUT2D eigenvalue weighted by molar-refractivity contribution is 0.612. The number of rotatable bonds is 5. The minimum Gasteiger partial charge on any atom is -0.456 e. The van der Waals surface area contributed by atoms with Gasteiger partial charge in [-0.25, -0.2) is 0 Å². The lowest BCUT2D eigenvalue weighted by Crippen LogP contribution is -2.06. The van der Waals surface area contributed by atoms with Crippen molar-refractivity contribution in [3.05, 3.63) is 47.0 Å². The van der Waals surface area contributed by atoms with Crippen molar-refractivity contribution < 1.29 is 4.42 Å². The number of fused-ring (bicyclic) bond motifs is 3. The molecule has 0 N–H and O–H groups in total. The second kappa shape index (κ2) is 6.39. The molecule has 0 fully saturated rings. The molecule has 2 aromatic carbocycles. The normalized spacial score (nSPS) is 12.1. The Labute approximate surface area is 139 Å². The van der Waals surface area contributed by atoms with E-state index in [-0.39, 0.29) is 0 Å². The van der Waals surface area contributed by atoms with E-state index in [1.165, 1.54) is 27.5 Å². The van der Waals surface area contributed by atoms with Crippen LogP contribution >= 0.6 is 0 Å². The van der Waals surface area contributed by atoms with Gasteiger partial charge in [-0.1, -0.05) is 52.8 Å². The van der Waals surface area contributed by atoms with Gasteiger partial charge in [0, 0.05) is 10.8 Å². The number of furan rings is 1. The average molecular weight is 308 g/mol. The van der Waals surface area contributed by atoms with Crippen molar-refractivity contribution >= 4 is 21.9 Å². The molecule has 3 aromatic rings. The van der Waals surface area contributed by atoms with Crippen LogP contribution in [0.2, 0.25) is 0 Å². The first-order chi connectivity index (χ1) is 11.0. The summed E-state index contributed by atoms with van der Waals surface area (Å²) < 4.78 is 6.29. The van der Waals surface area contributed by atoms with Crippen molar-refractivity contribution in [3.63, 3.8) is 0 Å². The van der Waals surface area contributed by atoms with Gasteiger partial charge in [0.25, 0.3) is 0 Å². The summed E-state index contributed by atoms with van der Waals surface area (Å²) in [5.41, 5.74) is 6.59. The fourth-order valence-corrected chi connectivity index (χ4v) is 3.71. The molecule has 23 heavy (non-hydrogen) atoms. The Morgan fingerprint density at radius 1 is 0.870 bits per heavy atom. The number of benzene rings is 2. The molecule has 0 saturated heterocycles. The molecule has 0 aliphatic rings. The van der Waals surface area contributed by atoms with Gasteiger partial charge in [0.1, 0.15) is 11.2 Å². The van der Waals surface area contributed by atoms with Crippen LogP contribution in [0.3, 0.4) is 0 Å². The van der Waals surface area contributed by atoms with Crippen LogP contribution in [0.25, 0.3) is 21.9 Å². The average Bonchev–Trinajstić information content (AvgIpc) is 2.85. The molecule has 1 nitrogen and oxygen atoms in total. The highest BCUT2D eigenvalue weighted by atomic mass is 16.3. The Balaban J connectivity index is 2.36. The van der Waals surface area contributed by atoms with E-state index in [1.54, 1.807) is 0 Å². The van der Waals surface area contributed by atoms with E-state index < -0.39 is 0 Å². The van der Waals surface area contributed by atoms with Crippen LogP contribution in [0.4, 0.5) is 0 Å². The second-order valence-electron chi connectivity index (χ2n) is 7.52. The van der Waals surface area contributed by atoms with Crippen LogP contribution in [0.1, 0.15) is 51.3 Å². The Kier molecular flexibility index (Phi) is 4.48. The van der Waals surface area contributed by atoms with Crippen LogP contribution in [-0.2, 0) is 19.3 Å². The summed E-state index contributed by atoms with van der Waals surface area (Å²) in [4.78, 5) is 0. The first-order valence-corrected chi connectivity index (χ1v) is 8.96. The standard InChI is InChI=1S/C22H28O/c1-6-17-16(11-14(2)3)13-20-18-9-7-8-10-21(18)23-22(20)19(17)12-15(4)5/h7-10,13-15H,6,11-12H2,1-5H3. The molecule has 0 saturated carbocycles. The Morgan fingerprint density at radius 2 is 1.57 bits per heavy atom. The molecular formula is C22H28O. The molecule has 1 heteroatoms. The van der Waals surface area contributed by atoms with E-state index in [2.05, 4.69) is 65.0 Å². The summed E-state index contributed by atoms with van der Waals surface area (Å²) in [7, 11) is 0. The van der Waals surface area contributed by atoms with Gasteiger partial charge in [0.15, 0.2) is 0 Å². The van der Waals surface area contributed by atoms with Crippen LogP contribution in [-0.4, -0.2) is 0 Å². The molecule has 0 aliphatic heterocycles. The van der Waals surface area contributed by atoms with Gasteiger partial charge >= 0.3 is 0 Å². The molecule has 0 radical (unpaired) electrons. The third kappa shape index (κ3) is 3.02. The SMILES string of the molecule is CCc1c(CC(C)C)cc2c(oc3ccccc32)c1CC(C)C. The predicted molar refractivity (Wildman–Crippen MR) is 100 cm³/mol. The lowest BCUT2D eigenvalue weighted by atomic mass is 9.87. The molecule has 1 heterocycles. The fourth-order valence-electron chi connectivity index (χ4n) is 3.71. The molecule has 0 bridgehead atoms. The molecule has 0 unspecified atom stereocenters. The van der Waals surface area contributed by atoms with Crippen LogP contribution in [0.5, 0.6) is 0 Å². The summed E-state index contributed by atoms with van der Waals surface area (Å²) >= 11 is 0. The molecule has 0 aliphatic carbocycles. The second-order valence-corrected chi connectivity index (χ2v) is 7.52. The molecular weight excluding hydrogens is 280 g/mol. The van der Waals surface area contributed by atoms with Gasteiger partial charge < -0.3 is 4.42 Å². The van der Waals surface area contributed by atoms with E-state index in [0.717, 1.165) is 30.4 Å². The van der Waals surface area contributed by atoms with Gasteiger partial charge in [-0.15, -0.1) is 0 Å². The van der Waals surface area contributed by atoms with Crippen molar-refractivity contribution in [1.82, 2.24) is 0 Å². The van der Waals surface area contributed by atoms with Crippen molar-refractivity contribution in [2.75, 3.05) is 0 Å².